The molecule has 1 heterocycles. The first kappa shape index (κ1) is 14.6. The lowest BCUT2D eigenvalue weighted by Gasteiger charge is -2.17. The number of nitrogens with zero attached hydrogens (tertiary/aromatic N) is 1. The van der Waals surface area contributed by atoms with Gasteiger partial charge in [-0.05, 0) is 25.5 Å². The van der Waals surface area contributed by atoms with Gasteiger partial charge in [-0.15, -0.1) is 11.8 Å². The highest BCUT2D eigenvalue weighted by atomic mass is 32.2. The normalized spacial score (nSPS) is 18.7. The van der Waals surface area contributed by atoms with E-state index in [0.29, 0.717) is 5.69 Å². The number of carbonyl (C=O) groups is 3. The number of benzene rings is 1. The maximum absolute atomic E-state index is 12.3. The van der Waals surface area contributed by atoms with E-state index < -0.39 is 11.2 Å². The summed E-state index contributed by atoms with van der Waals surface area (Å²) in [6.45, 7) is 3.79. The molecule has 0 aliphatic carbocycles. The standard InChI is InChI=1S/C14H15NO4S/c1-8-3-4-10(9(2)5-8)15-12(16)6-11(14(15)19)20-7-13(17)18/h3-5,11H,6-7H2,1-2H3,(H,17,18)/t11-/m0/s1. The third kappa shape index (κ3) is 2.85. The van der Waals surface area contributed by atoms with Gasteiger partial charge in [-0.25, -0.2) is 4.90 Å². The fourth-order valence-electron chi connectivity index (χ4n) is 2.22. The van der Waals surface area contributed by atoms with Crippen LogP contribution in [0.3, 0.4) is 0 Å². The zero-order valence-corrected chi connectivity index (χ0v) is 12.1. The van der Waals surface area contributed by atoms with Crippen LogP contribution in [-0.2, 0) is 14.4 Å². The number of anilines is 1. The maximum atomic E-state index is 12.3. The van der Waals surface area contributed by atoms with Gasteiger partial charge in [0.1, 0.15) is 0 Å². The summed E-state index contributed by atoms with van der Waals surface area (Å²) < 4.78 is 0. The average molecular weight is 293 g/mol. The van der Waals surface area contributed by atoms with E-state index in [9.17, 15) is 14.4 Å². The summed E-state index contributed by atoms with van der Waals surface area (Å²) in [7, 11) is 0. The van der Waals surface area contributed by atoms with E-state index >= 15 is 0 Å². The summed E-state index contributed by atoms with van der Waals surface area (Å²) in [4.78, 5) is 36.0. The molecule has 0 unspecified atom stereocenters. The minimum absolute atomic E-state index is 0.0596. The summed E-state index contributed by atoms with van der Waals surface area (Å²) in [6.07, 6.45) is 0.0596. The lowest BCUT2D eigenvalue weighted by molar-refractivity contribution is -0.134. The van der Waals surface area contributed by atoms with E-state index in [2.05, 4.69) is 0 Å². The van der Waals surface area contributed by atoms with Gasteiger partial charge in [0.05, 0.1) is 16.7 Å². The smallest absolute Gasteiger partial charge is 0.313 e. The summed E-state index contributed by atoms with van der Waals surface area (Å²) in [5, 5.41) is 8.06. The Morgan fingerprint density at radius 2 is 2.10 bits per heavy atom. The third-order valence-electron chi connectivity index (χ3n) is 3.11. The molecule has 2 rings (SSSR count). The second-order valence-corrected chi connectivity index (χ2v) is 5.95. The van der Waals surface area contributed by atoms with E-state index in [1.54, 1.807) is 6.07 Å². The molecule has 1 atom stereocenters. The second-order valence-electron chi connectivity index (χ2n) is 4.75. The molecule has 20 heavy (non-hydrogen) atoms. The van der Waals surface area contributed by atoms with Crippen molar-refractivity contribution in [3.05, 3.63) is 29.3 Å². The van der Waals surface area contributed by atoms with Crippen molar-refractivity contribution in [2.45, 2.75) is 25.5 Å². The van der Waals surface area contributed by atoms with Crippen LogP contribution in [0.5, 0.6) is 0 Å². The van der Waals surface area contributed by atoms with Crippen molar-refractivity contribution in [1.29, 1.82) is 0 Å². The van der Waals surface area contributed by atoms with Crippen LogP contribution in [0.25, 0.3) is 0 Å². The predicted molar refractivity (Wildman–Crippen MR) is 76.9 cm³/mol. The Labute approximate surface area is 121 Å². The van der Waals surface area contributed by atoms with Gasteiger partial charge in [-0.1, -0.05) is 17.7 Å². The van der Waals surface area contributed by atoms with Gasteiger partial charge >= 0.3 is 5.97 Å². The summed E-state index contributed by atoms with van der Waals surface area (Å²) in [5.74, 6) is -1.76. The molecule has 1 aliphatic heterocycles. The molecule has 6 heteroatoms. The largest absolute Gasteiger partial charge is 0.481 e. The van der Waals surface area contributed by atoms with Crippen molar-refractivity contribution in [1.82, 2.24) is 0 Å². The van der Waals surface area contributed by atoms with Crippen LogP contribution in [0.15, 0.2) is 18.2 Å². The fourth-order valence-corrected chi connectivity index (χ4v) is 3.07. The van der Waals surface area contributed by atoms with Gasteiger partial charge in [0.2, 0.25) is 11.8 Å². The molecule has 0 saturated carbocycles. The minimum atomic E-state index is -0.986. The molecule has 0 radical (unpaired) electrons. The lowest BCUT2D eigenvalue weighted by atomic mass is 10.1. The number of carboxylic acid groups (broad SMARTS) is 1. The Morgan fingerprint density at radius 1 is 1.40 bits per heavy atom. The first-order valence-corrected chi connectivity index (χ1v) is 7.22. The van der Waals surface area contributed by atoms with Crippen molar-refractivity contribution in [2.24, 2.45) is 0 Å². The summed E-state index contributed by atoms with van der Waals surface area (Å²) >= 11 is 1.000. The van der Waals surface area contributed by atoms with E-state index in [4.69, 9.17) is 5.11 Å². The molecule has 1 aliphatic rings. The fraction of sp³-hybridized carbons (Fsp3) is 0.357. The Hall–Kier alpha value is -1.82. The Morgan fingerprint density at radius 3 is 2.70 bits per heavy atom. The molecular formula is C14H15NO4S. The van der Waals surface area contributed by atoms with Crippen molar-refractivity contribution in [2.75, 3.05) is 10.7 Å². The number of aliphatic carboxylic acids is 1. The molecule has 1 aromatic rings. The summed E-state index contributed by atoms with van der Waals surface area (Å²) in [5.41, 5.74) is 2.50. The SMILES string of the molecule is Cc1ccc(N2C(=O)C[C@H](SCC(=O)O)C2=O)c(C)c1. The van der Waals surface area contributed by atoms with Crippen LogP contribution in [0.2, 0.25) is 0 Å². The van der Waals surface area contributed by atoms with Crippen molar-refractivity contribution in [3.8, 4) is 0 Å². The van der Waals surface area contributed by atoms with Gasteiger partial charge < -0.3 is 5.11 Å². The molecular weight excluding hydrogens is 278 g/mol. The number of carboxylic acids is 1. The number of rotatable bonds is 4. The average Bonchev–Trinajstić information content (AvgIpc) is 2.63. The molecule has 0 bridgehead atoms. The molecule has 1 saturated heterocycles. The number of hydrogen-bond donors (Lipinski definition) is 1. The van der Waals surface area contributed by atoms with Crippen LogP contribution in [0.4, 0.5) is 5.69 Å². The zero-order valence-electron chi connectivity index (χ0n) is 11.3. The van der Waals surface area contributed by atoms with E-state index in [0.717, 1.165) is 22.9 Å². The van der Waals surface area contributed by atoms with Crippen molar-refractivity contribution in [3.63, 3.8) is 0 Å². The first-order chi connectivity index (χ1) is 9.40. The first-order valence-electron chi connectivity index (χ1n) is 6.17. The van der Waals surface area contributed by atoms with E-state index in [1.807, 2.05) is 26.0 Å². The number of aryl methyl sites for hydroxylation is 2. The number of thioether (sulfide) groups is 1. The monoisotopic (exact) mass is 293 g/mol. The Kier molecular flexibility index (Phi) is 4.13. The highest BCUT2D eigenvalue weighted by molar-refractivity contribution is 8.01. The molecule has 1 N–H and O–H groups in total. The highest BCUT2D eigenvalue weighted by Gasteiger charge is 2.40. The molecule has 0 aromatic heterocycles. The molecule has 106 valence electrons. The van der Waals surface area contributed by atoms with Gasteiger partial charge in [0.25, 0.3) is 0 Å². The predicted octanol–water partition coefficient (Wildman–Crippen LogP) is 1.75. The lowest BCUT2D eigenvalue weighted by Crippen LogP contribution is -2.32. The van der Waals surface area contributed by atoms with Crippen LogP contribution in [-0.4, -0.2) is 33.9 Å². The van der Waals surface area contributed by atoms with Gasteiger partial charge in [0.15, 0.2) is 0 Å². The number of carbonyl (C=O) groups excluding carboxylic acids is 2. The van der Waals surface area contributed by atoms with Crippen molar-refractivity contribution >= 4 is 35.2 Å². The quantitative estimate of drug-likeness (QED) is 0.856. The number of imide groups is 1. The van der Waals surface area contributed by atoms with Gasteiger partial charge in [-0.3, -0.25) is 14.4 Å². The zero-order chi connectivity index (χ0) is 14.9. The molecule has 2 amide bonds. The van der Waals surface area contributed by atoms with E-state index in [1.165, 1.54) is 4.90 Å². The maximum Gasteiger partial charge on any atom is 0.313 e. The highest BCUT2D eigenvalue weighted by Crippen LogP contribution is 2.31. The molecule has 5 nitrogen and oxygen atoms in total. The summed E-state index contributed by atoms with van der Waals surface area (Å²) in [6, 6.07) is 5.51. The van der Waals surface area contributed by atoms with E-state index in [-0.39, 0.29) is 24.0 Å². The van der Waals surface area contributed by atoms with Crippen LogP contribution >= 0.6 is 11.8 Å². The second kappa shape index (κ2) is 5.66. The minimum Gasteiger partial charge on any atom is -0.481 e. The third-order valence-corrected chi connectivity index (χ3v) is 4.29. The van der Waals surface area contributed by atoms with Crippen LogP contribution < -0.4 is 4.90 Å². The topological polar surface area (TPSA) is 74.7 Å². The Bertz CT molecular complexity index is 585. The number of hydrogen-bond acceptors (Lipinski definition) is 4. The van der Waals surface area contributed by atoms with Crippen LogP contribution in [0, 0.1) is 13.8 Å². The Balaban J connectivity index is 2.22. The van der Waals surface area contributed by atoms with Crippen LogP contribution in [0.1, 0.15) is 17.5 Å². The molecule has 0 spiro atoms. The molecule has 1 fully saturated rings. The molecule has 1 aromatic carbocycles. The van der Waals surface area contributed by atoms with Crippen molar-refractivity contribution < 1.29 is 19.5 Å². The number of amides is 2. The van der Waals surface area contributed by atoms with Gasteiger partial charge in [-0.2, -0.15) is 0 Å². The van der Waals surface area contributed by atoms with Gasteiger partial charge in [0, 0.05) is 6.42 Å².